The Bertz CT molecular complexity index is 886. The zero-order valence-corrected chi connectivity index (χ0v) is 21.4. The molecule has 34 heavy (non-hydrogen) atoms. The predicted octanol–water partition coefficient (Wildman–Crippen LogP) is 3.71. The second kappa shape index (κ2) is 8.33. The van der Waals surface area contributed by atoms with Gasteiger partial charge in [-0.15, -0.1) is 0 Å². The molecular weight excluding hydrogens is 428 g/mol. The number of cyclic esters (lactones) is 1. The highest BCUT2D eigenvalue weighted by Crippen LogP contribution is 2.69. The van der Waals surface area contributed by atoms with Crippen molar-refractivity contribution in [1.82, 2.24) is 5.32 Å². The Morgan fingerprint density at radius 3 is 2.56 bits per heavy atom. The van der Waals surface area contributed by atoms with Gasteiger partial charge in [-0.25, -0.2) is 4.79 Å². The summed E-state index contributed by atoms with van der Waals surface area (Å²) in [6.45, 7) is 9.14. The molecule has 6 heteroatoms. The largest absolute Gasteiger partial charge is 0.458 e. The van der Waals surface area contributed by atoms with Gasteiger partial charge in [0.15, 0.2) is 0 Å². The lowest BCUT2D eigenvalue weighted by molar-refractivity contribution is -0.205. The summed E-state index contributed by atoms with van der Waals surface area (Å²) in [6.07, 6.45) is 10.9. The molecule has 4 aliphatic carbocycles. The highest BCUT2D eigenvalue weighted by Gasteiger charge is 2.67. The van der Waals surface area contributed by atoms with Crippen LogP contribution < -0.4 is 11.1 Å². The highest BCUT2D eigenvalue weighted by atomic mass is 16.5. The molecule has 1 amide bonds. The number of rotatable bonds is 4. The molecule has 1 unspecified atom stereocenters. The minimum atomic E-state index is -0.670. The SMILES string of the molecule is CC(C)C(N)C(=O)N[C@H]1CC[C@@]2(C)[C@H](CC[C@@H]3[C@@H]2CC[C@]2(C)[C@@H](C4=CC(=O)OC4)CC[C@]32O)C1. The van der Waals surface area contributed by atoms with Crippen LogP contribution in [0.2, 0.25) is 0 Å². The lowest BCUT2D eigenvalue weighted by Crippen LogP contribution is -2.63. The van der Waals surface area contributed by atoms with Crippen molar-refractivity contribution in [1.29, 1.82) is 0 Å². The number of ether oxygens (including phenoxy) is 1. The minimum Gasteiger partial charge on any atom is -0.458 e. The van der Waals surface area contributed by atoms with E-state index in [-0.39, 0.29) is 40.6 Å². The maximum absolute atomic E-state index is 12.6. The normalized spacial score (nSPS) is 46.7. The molecule has 4 N–H and O–H groups in total. The number of hydrogen-bond acceptors (Lipinski definition) is 5. The Balaban J connectivity index is 1.32. The third kappa shape index (κ3) is 3.49. The quantitative estimate of drug-likeness (QED) is 0.542. The van der Waals surface area contributed by atoms with Crippen molar-refractivity contribution in [2.45, 2.75) is 103 Å². The van der Waals surface area contributed by atoms with Gasteiger partial charge in [-0.05, 0) is 98.4 Å². The molecule has 0 aromatic heterocycles. The van der Waals surface area contributed by atoms with Crippen LogP contribution in [0.5, 0.6) is 0 Å². The molecule has 190 valence electrons. The molecule has 0 radical (unpaired) electrons. The number of hydrogen-bond donors (Lipinski definition) is 3. The zero-order valence-electron chi connectivity index (χ0n) is 21.4. The van der Waals surface area contributed by atoms with E-state index in [4.69, 9.17) is 10.5 Å². The number of carbonyl (C=O) groups excluding carboxylic acids is 2. The molecule has 0 spiro atoms. The molecule has 0 aromatic carbocycles. The average molecular weight is 473 g/mol. The Labute approximate surface area is 204 Å². The van der Waals surface area contributed by atoms with Gasteiger partial charge in [0.2, 0.25) is 5.91 Å². The molecule has 6 nitrogen and oxygen atoms in total. The van der Waals surface area contributed by atoms with E-state index in [1.807, 2.05) is 13.8 Å². The van der Waals surface area contributed by atoms with E-state index < -0.39 is 11.6 Å². The van der Waals surface area contributed by atoms with Gasteiger partial charge in [0.1, 0.15) is 6.61 Å². The molecular formula is C28H44N2O4. The molecule has 5 aliphatic rings. The van der Waals surface area contributed by atoms with Gasteiger partial charge in [0.25, 0.3) is 0 Å². The van der Waals surface area contributed by atoms with E-state index in [0.29, 0.717) is 24.4 Å². The minimum absolute atomic E-state index is 0.0132. The molecule has 5 rings (SSSR count). The molecule has 4 saturated carbocycles. The Morgan fingerprint density at radius 2 is 1.88 bits per heavy atom. The van der Waals surface area contributed by atoms with Crippen molar-refractivity contribution in [2.75, 3.05) is 6.61 Å². The van der Waals surface area contributed by atoms with Crippen molar-refractivity contribution in [2.24, 2.45) is 46.2 Å². The Hall–Kier alpha value is -1.40. The molecule has 0 aromatic rings. The lowest BCUT2D eigenvalue weighted by Gasteiger charge is -2.64. The summed E-state index contributed by atoms with van der Waals surface area (Å²) < 4.78 is 5.24. The van der Waals surface area contributed by atoms with Crippen LogP contribution in [0.15, 0.2) is 11.6 Å². The lowest BCUT2D eigenvalue weighted by atomic mass is 9.43. The predicted molar refractivity (Wildman–Crippen MR) is 130 cm³/mol. The van der Waals surface area contributed by atoms with Crippen molar-refractivity contribution < 1.29 is 19.4 Å². The van der Waals surface area contributed by atoms with E-state index in [2.05, 4.69) is 19.2 Å². The van der Waals surface area contributed by atoms with Crippen molar-refractivity contribution in [3.63, 3.8) is 0 Å². The van der Waals surface area contributed by atoms with Gasteiger partial charge in [0, 0.05) is 17.5 Å². The number of fused-ring (bicyclic) bond motifs is 5. The van der Waals surface area contributed by atoms with Gasteiger partial charge in [-0.1, -0.05) is 27.7 Å². The first-order valence-electron chi connectivity index (χ1n) is 13.6. The van der Waals surface area contributed by atoms with Crippen molar-refractivity contribution in [3.05, 3.63) is 11.6 Å². The van der Waals surface area contributed by atoms with Crippen LogP contribution in [-0.2, 0) is 14.3 Å². The van der Waals surface area contributed by atoms with Crippen LogP contribution >= 0.6 is 0 Å². The summed E-state index contributed by atoms with van der Waals surface area (Å²) in [4.78, 5) is 24.3. The van der Waals surface area contributed by atoms with E-state index in [0.717, 1.165) is 63.4 Å². The number of nitrogens with one attached hydrogen (secondary N) is 1. The number of esters is 1. The fourth-order valence-corrected chi connectivity index (χ4v) is 9.14. The highest BCUT2D eigenvalue weighted by molar-refractivity contribution is 5.85. The van der Waals surface area contributed by atoms with Crippen LogP contribution in [0.1, 0.15) is 85.5 Å². The van der Waals surface area contributed by atoms with Crippen LogP contribution in [0.25, 0.3) is 0 Å². The van der Waals surface area contributed by atoms with E-state index in [1.54, 1.807) is 6.08 Å². The zero-order chi connectivity index (χ0) is 24.5. The van der Waals surface area contributed by atoms with Gasteiger partial charge in [0.05, 0.1) is 11.6 Å². The third-order valence-electron chi connectivity index (χ3n) is 11.4. The van der Waals surface area contributed by atoms with E-state index in [1.165, 1.54) is 0 Å². The number of amides is 1. The molecule has 0 saturated heterocycles. The molecule has 0 bridgehead atoms. The second-order valence-electron chi connectivity index (χ2n) is 13.0. The monoisotopic (exact) mass is 472 g/mol. The third-order valence-corrected chi connectivity index (χ3v) is 11.4. The van der Waals surface area contributed by atoms with Crippen LogP contribution in [0, 0.1) is 40.4 Å². The van der Waals surface area contributed by atoms with Crippen LogP contribution in [-0.4, -0.2) is 41.3 Å². The number of carbonyl (C=O) groups is 2. The van der Waals surface area contributed by atoms with Gasteiger partial charge < -0.3 is 20.9 Å². The first-order chi connectivity index (χ1) is 16.0. The summed E-state index contributed by atoms with van der Waals surface area (Å²) in [7, 11) is 0. The Kier molecular flexibility index (Phi) is 5.95. The van der Waals surface area contributed by atoms with Crippen molar-refractivity contribution in [3.8, 4) is 0 Å². The van der Waals surface area contributed by atoms with Gasteiger partial charge in [-0.3, -0.25) is 4.79 Å². The van der Waals surface area contributed by atoms with E-state index >= 15 is 0 Å². The van der Waals surface area contributed by atoms with Gasteiger partial charge in [-0.2, -0.15) is 0 Å². The molecule has 1 aliphatic heterocycles. The second-order valence-corrected chi connectivity index (χ2v) is 13.0. The number of aliphatic hydroxyl groups is 1. The maximum atomic E-state index is 12.6. The number of nitrogens with two attached hydrogens (primary N) is 1. The molecule has 1 heterocycles. The summed E-state index contributed by atoms with van der Waals surface area (Å²) in [5, 5.41) is 15.6. The van der Waals surface area contributed by atoms with Crippen LogP contribution in [0.4, 0.5) is 0 Å². The smallest absolute Gasteiger partial charge is 0.331 e. The molecule has 9 atom stereocenters. The molecule has 4 fully saturated rings. The van der Waals surface area contributed by atoms with E-state index in [9.17, 15) is 14.7 Å². The summed E-state index contributed by atoms with van der Waals surface area (Å²) in [5.41, 5.74) is 6.55. The standard InChI is InChI=1S/C28H44N2O4/c1-16(2)24(29)25(32)30-19-7-10-26(3)18(14-19)5-6-22-21(26)8-11-27(4)20(9-12-28(22,27)33)17-13-23(31)34-15-17/h13,16,18-22,24,33H,5-12,14-15,29H2,1-4H3,(H,30,32)/t18-,19+,20-,21+,22-,24?,26+,27-,28+/m1/s1. The Morgan fingerprint density at radius 1 is 1.12 bits per heavy atom. The fourth-order valence-electron chi connectivity index (χ4n) is 9.14. The first kappa shape index (κ1) is 24.3. The topological polar surface area (TPSA) is 102 Å². The average Bonchev–Trinajstić information content (AvgIpc) is 3.33. The van der Waals surface area contributed by atoms with Gasteiger partial charge >= 0.3 is 5.97 Å². The maximum Gasteiger partial charge on any atom is 0.331 e. The summed E-state index contributed by atoms with van der Waals surface area (Å²) >= 11 is 0. The first-order valence-corrected chi connectivity index (χ1v) is 13.6. The fraction of sp³-hybridized carbons (Fsp3) is 0.857. The summed E-state index contributed by atoms with van der Waals surface area (Å²) in [6, 6.07) is -0.230. The van der Waals surface area contributed by atoms with Crippen LogP contribution in [0.3, 0.4) is 0 Å². The van der Waals surface area contributed by atoms with Crippen molar-refractivity contribution >= 4 is 11.9 Å². The summed E-state index contributed by atoms with van der Waals surface area (Å²) in [5.74, 6) is 1.56.